The van der Waals surface area contributed by atoms with Crippen LogP contribution in [0, 0.1) is 0 Å². The van der Waals surface area contributed by atoms with Crippen LogP contribution in [0.2, 0.25) is 0 Å². The van der Waals surface area contributed by atoms with E-state index in [2.05, 4.69) is 40.2 Å². The monoisotopic (exact) mass is 267 g/mol. The molecular formula is C17H21N3. The average molecular weight is 267 g/mol. The first-order valence-electron chi connectivity index (χ1n) is 7.29. The smallest absolute Gasteiger partial charge is 0.0485 e. The van der Waals surface area contributed by atoms with Gasteiger partial charge in [0.1, 0.15) is 0 Å². The van der Waals surface area contributed by atoms with E-state index in [1.807, 2.05) is 18.5 Å². The van der Waals surface area contributed by atoms with E-state index >= 15 is 0 Å². The molecule has 3 rings (SSSR count). The van der Waals surface area contributed by atoms with Crippen molar-refractivity contribution in [3.63, 3.8) is 0 Å². The van der Waals surface area contributed by atoms with E-state index in [1.165, 1.54) is 16.7 Å². The van der Waals surface area contributed by atoms with Crippen LogP contribution in [0.5, 0.6) is 0 Å². The van der Waals surface area contributed by atoms with Crippen LogP contribution in [-0.2, 0) is 12.8 Å². The third-order valence-corrected chi connectivity index (χ3v) is 4.19. The summed E-state index contributed by atoms with van der Waals surface area (Å²) in [5.74, 6) is 0. The van der Waals surface area contributed by atoms with Gasteiger partial charge in [0.2, 0.25) is 0 Å². The minimum Gasteiger partial charge on any atom is -0.329 e. The van der Waals surface area contributed by atoms with E-state index in [1.54, 1.807) is 0 Å². The Kier molecular flexibility index (Phi) is 4.09. The third kappa shape index (κ3) is 2.74. The number of aromatic nitrogens is 1. The molecule has 0 saturated carbocycles. The van der Waals surface area contributed by atoms with E-state index in [4.69, 9.17) is 5.73 Å². The Morgan fingerprint density at radius 1 is 1.05 bits per heavy atom. The number of rotatable bonds is 3. The molecule has 1 atom stereocenters. The normalized spacial score (nSPS) is 17.2. The maximum atomic E-state index is 6.02. The van der Waals surface area contributed by atoms with Gasteiger partial charge in [-0.25, -0.2) is 0 Å². The molecule has 0 aliphatic carbocycles. The lowest BCUT2D eigenvalue weighted by Crippen LogP contribution is -2.35. The standard InChI is InChI=1S/C17H21N3/c18-12-17(16-6-3-9-19-13-16)20-10-7-14-4-1-2-5-15(14)8-11-20/h1-6,9,13,17H,7-8,10-12,18H2. The second-order valence-corrected chi connectivity index (χ2v) is 5.34. The van der Waals surface area contributed by atoms with Gasteiger partial charge in [0.05, 0.1) is 0 Å². The molecular weight excluding hydrogens is 246 g/mol. The van der Waals surface area contributed by atoms with E-state index in [0.717, 1.165) is 25.9 Å². The minimum absolute atomic E-state index is 0.276. The quantitative estimate of drug-likeness (QED) is 0.927. The molecule has 0 spiro atoms. The summed E-state index contributed by atoms with van der Waals surface area (Å²) in [6, 6.07) is 13.2. The fourth-order valence-electron chi connectivity index (χ4n) is 3.07. The van der Waals surface area contributed by atoms with Gasteiger partial charge in [-0.15, -0.1) is 0 Å². The zero-order chi connectivity index (χ0) is 13.8. The molecule has 2 heterocycles. The third-order valence-electron chi connectivity index (χ3n) is 4.19. The number of nitrogens with zero attached hydrogens (tertiary/aromatic N) is 2. The van der Waals surface area contributed by atoms with Crippen LogP contribution >= 0.6 is 0 Å². The highest BCUT2D eigenvalue weighted by molar-refractivity contribution is 5.29. The fraction of sp³-hybridized carbons (Fsp3) is 0.353. The number of hydrogen-bond acceptors (Lipinski definition) is 3. The molecule has 1 aromatic heterocycles. The molecule has 3 nitrogen and oxygen atoms in total. The molecule has 0 radical (unpaired) electrons. The molecule has 1 aliphatic rings. The Morgan fingerprint density at radius 3 is 2.30 bits per heavy atom. The van der Waals surface area contributed by atoms with Crippen LogP contribution in [0.25, 0.3) is 0 Å². The molecule has 1 unspecified atom stereocenters. The fourth-order valence-corrected chi connectivity index (χ4v) is 3.07. The van der Waals surface area contributed by atoms with E-state index in [-0.39, 0.29) is 6.04 Å². The van der Waals surface area contributed by atoms with Gasteiger partial charge in [0.15, 0.2) is 0 Å². The van der Waals surface area contributed by atoms with Crippen molar-refractivity contribution < 1.29 is 0 Å². The van der Waals surface area contributed by atoms with Crippen molar-refractivity contribution in [2.45, 2.75) is 18.9 Å². The van der Waals surface area contributed by atoms with Crippen LogP contribution in [0.1, 0.15) is 22.7 Å². The lowest BCUT2D eigenvalue weighted by Gasteiger charge is -2.29. The highest BCUT2D eigenvalue weighted by atomic mass is 15.2. The van der Waals surface area contributed by atoms with Crippen LogP contribution in [-0.4, -0.2) is 29.5 Å². The van der Waals surface area contributed by atoms with Crippen molar-refractivity contribution in [2.24, 2.45) is 5.73 Å². The summed E-state index contributed by atoms with van der Waals surface area (Å²) in [7, 11) is 0. The lowest BCUT2D eigenvalue weighted by molar-refractivity contribution is 0.211. The molecule has 0 saturated heterocycles. The Morgan fingerprint density at radius 2 is 1.75 bits per heavy atom. The van der Waals surface area contributed by atoms with Gasteiger partial charge in [-0.3, -0.25) is 9.88 Å². The van der Waals surface area contributed by atoms with E-state index < -0.39 is 0 Å². The number of nitrogens with two attached hydrogens (primary N) is 1. The molecule has 3 heteroatoms. The van der Waals surface area contributed by atoms with Crippen LogP contribution < -0.4 is 5.73 Å². The summed E-state index contributed by atoms with van der Waals surface area (Å²) in [4.78, 5) is 6.73. The maximum absolute atomic E-state index is 6.02. The highest BCUT2D eigenvalue weighted by Gasteiger charge is 2.21. The molecule has 0 amide bonds. The van der Waals surface area contributed by atoms with E-state index in [9.17, 15) is 0 Å². The summed E-state index contributed by atoms with van der Waals surface area (Å²) >= 11 is 0. The summed E-state index contributed by atoms with van der Waals surface area (Å²) in [6.45, 7) is 2.77. The molecule has 1 aromatic carbocycles. The van der Waals surface area contributed by atoms with E-state index in [0.29, 0.717) is 6.54 Å². The van der Waals surface area contributed by atoms with Crippen molar-refractivity contribution in [1.82, 2.24) is 9.88 Å². The average Bonchev–Trinajstić information content (AvgIpc) is 2.72. The molecule has 104 valence electrons. The first-order chi connectivity index (χ1) is 9.88. The first kappa shape index (κ1) is 13.3. The van der Waals surface area contributed by atoms with Crippen molar-refractivity contribution in [1.29, 1.82) is 0 Å². The van der Waals surface area contributed by atoms with Gasteiger partial charge < -0.3 is 5.73 Å². The van der Waals surface area contributed by atoms with Crippen LogP contribution in [0.3, 0.4) is 0 Å². The van der Waals surface area contributed by atoms with Crippen molar-refractivity contribution >= 4 is 0 Å². The predicted octanol–water partition coefficient (Wildman–Crippen LogP) is 2.18. The lowest BCUT2D eigenvalue weighted by atomic mass is 10.0. The number of fused-ring (bicyclic) bond motifs is 1. The highest BCUT2D eigenvalue weighted by Crippen LogP contribution is 2.23. The first-order valence-corrected chi connectivity index (χ1v) is 7.29. The molecule has 2 N–H and O–H groups in total. The molecule has 0 bridgehead atoms. The van der Waals surface area contributed by atoms with Gasteiger partial charge in [-0.05, 0) is 35.6 Å². The van der Waals surface area contributed by atoms with Crippen LogP contribution in [0.4, 0.5) is 0 Å². The predicted molar refractivity (Wildman–Crippen MR) is 81.5 cm³/mol. The Bertz CT molecular complexity index is 526. The molecule has 2 aromatic rings. The summed E-state index contributed by atoms with van der Waals surface area (Å²) in [5, 5.41) is 0. The van der Waals surface area contributed by atoms with Gasteiger partial charge in [-0.2, -0.15) is 0 Å². The molecule has 0 fully saturated rings. The van der Waals surface area contributed by atoms with Gasteiger partial charge in [0.25, 0.3) is 0 Å². The Labute approximate surface area is 120 Å². The number of pyridine rings is 1. The molecule has 20 heavy (non-hydrogen) atoms. The summed E-state index contributed by atoms with van der Waals surface area (Å²) in [6.07, 6.45) is 5.96. The van der Waals surface area contributed by atoms with Crippen LogP contribution in [0.15, 0.2) is 48.8 Å². The number of hydrogen-bond donors (Lipinski definition) is 1. The Hall–Kier alpha value is -1.71. The second-order valence-electron chi connectivity index (χ2n) is 5.34. The zero-order valence-electron chi connectivity index (χ0n) is 11.7. The van der Waals surface area contributed by atoms with Crippen molar-refractivity contribution in [3.8, 4) is 0 Å². The van der Waals surface area contributed by atoms with Gasteiger partial charge in [0, 0.05) is 38.1 Å². The SMILES string of the molecule is NCC(c1cccnc1)N1CCc2ccccc2CC1. The minimum atomic E-state index is 0.276. The van der Waals surface area contributed by atoms with Gasteiger partial charge >= 0.3 is 0 Å². The maximum Gasteiger partial charge on any atom is 0.0485 e. The summed E-state index contributed by atoms with van der Waals surface area (Å²) < 4.78 is 0. The van der Waals surface area contributed by atoms with Gasteiger partial charge in [-0.1, -0.05) is 30.3 Å². The number of benzene rings is 1. The topological polar surface area (TPSA) is 42.1 Å². The molecule has 1 aliphatic heterocycles. The van der Waals surface area contributed by atoms with Crippen molar-refractivity contribution in [3.05, 3.63) is 65.5 Å². The second kappa shape index (κ2) is 6.16. The van der Waals surface area contributed by atoms with Crippen molar-refractivity contribution in [2.75, 3.05) is 19.6 Å². The zero-order valence-corrected chi connectivity index (χ0v) is 11.7. The summed E-state index contributed by atoms with van der Waals surface area (Å²) in [5.41, 5.74) is 10.2. The largest absolute Gasteiger partial charge is 0.329 e. The Balaban J connectivity index is 1.78.